The van der Waals surface area contributed by atoms with Crippen LogP contribution in [-0.2, 0) is 16.0 Å². The molecule has 2 aromatic carbocycles. The molecule has 136 valence electrons. The van der Waals surface area contributed by atoms with Crippen molar-refractivity contribution in [3.63, 3.8) is 0 Å². The molecule has 2 amide bonds. The topological polar surface area (TPSA) is 67.4 Å². The summed E-state index contributed by atoms with van der Waals surface area (Å²) in [5, 5.41) is 5.77. The van der Waals surface area contributed by atoms with Gasteiger partial charge in [-0.3, -0.25) is 9.59 Å². The quantitative estimate of drug-likeness (QED) is 0.591. The number of amides is 2. The van der Waals surface area contributed by atoms with Gasteiger partial charge in [0.1, 0.15) is 11.8 Å². The lowest BCUT2D eigenvalue weighted by Gasteiger charge is -2.19. The van der Waals surface area contributed by atoms with Gasteiger partial charge in [0, 0.05) is 16.0 Å². The third-order valence-corrected chi connectivity index (χ3v) is 4.76. The summed E-state index contributed by atoms with van der Waals surface area (Å²) in [7, 11) is 0. The summed E-state index contributed by atoms with van der Waals surface area (Å²) in [5.41, 5.74) is 1.00. The summed E-state index contributed by atoms with van der Waals surface area (Å²) in [6.45, 7) is -0.122. The van der Waals surface area contributed by atoms with Gasteiger partial charge in [-0.15, -0.1) is 0 Å². The highest BCUT2D eigenvalue weighted by atomic mass is 127. The lowest BCUT2D eigenvalue weighted by Crippen LogP contribution is -2.49. The van der Waals surface area contributed by atoms with Gasteiger partial charge in [0.25, 0.3) is 5.91 Å². The van der Waals surface area contributed by atoms with Crippen LogP contribution < -0.4 is 15.4 Å². The fourth-order valence-corrected chi connectivity index (χ4v) is 2.86. The molecule has 1 aliphatic carbocycles. The molecule has 6 heteroatoms. The second kappa shape index (κ2) is 9.02. The molecule has 2 aromatic rings. The molecule has 1 saturated carbocycles. The van der Waals surface area contributed by atoms with Crippen LogP contribution in [0.1, 0.15) is 18.4 Å². The van der Waals surface area contributed by atoms with Gasteiger partial charge in [0.05, 0.1) is 0 Å². The highest BCUT2D eigenvalue weighted by Crippen LogP contribution is 2.19. The maximum absolute atomic E-state index is 12.5. The maximum atomic E-state index is 12.5. The first kappa shape index (κ1) is 18.7. The SMILES string of the molecule is O=C(COc1ccc(I)cc1)NC(Cc1ccccc1)C(=O)NC1CC1. The van der Waals surface area contributed by atoms with Crippen LogP contribution in [-0.4, -0.2) is 30.5 Å². The van der Waals surface area contributed by atoms with Crippen molar-refractivity contribution in [2.24, 2.45) is 0 Å². The first-order valence-electron chi connectivity index (χ1n) is 8.62. The predicted octanol–water partition coefficient (Wildman–Crippen LogP) is 2.68. The molecule has 0 saturated heterocycles. The summed E-state index contributed by atoms with van der Waals surface area (Å²) in [5.74, 6) is 0.178. The van der Waals surface area contributed by atoms with E-state index in [9.17, 15) is 9.59 Å². The van der Waals surface area contributed by atoms with E-state index in [2.05, 4.69) is 33.2 Å². The van der Waals surface area contributed by atoms with E-state index in [1.165, 1.54) is 0 Å². The minimum absolute atomic E-state index is 0.122. The zero-order valence-corrected chi connectivity index (χ0v) is 16.4. The number of hydrogen-bond acceptors (Lipinski definition) is 3. The van der Waals surface area contributed by atoms with E-state index in [-0.39, 0.29) is 24.5 Å². The Morgan fingerprint density at radius 3 is 2.42 bits per heavy atom. The van der Waals surface area contributed by atoms with Crippen LogP contribution in [0.2, 0.25) is 0 Å². The number of halogens is 1. The predicted molar refractivity (Wildman–Crippen MR) is 108 cm³/mol. The Bertz CT molecular complexity index is 745. The van der Waals surface area contributed by atoms with Gasteiger partial charge in [-0.05, 0) is 65.3 Å². The smallest absolute Gasteiger partial charge is 0.258 e. The molecule has 0 spiro atoms. The van der Waals surface area contributed by atoms with Crippen LogP contribution in [0.4, 0.5) is 0 Å². The van der Waals surface area contributed by atoms with Gasteiger partial charge < -0.3 is 15.4 Å². The zero-order chi connectivity index (χ0) is 18.4. The molecular formula is C20H21IN2O3. The highest BCUT2D eigenvalue weighted by molar-refractivity contribution is 14.1. The van der Waals surface area contributed by atoms with E-state index in [1.54, 1.807) is 0 Å². The fraction of sp³-hybridized carbons (Fsp3) is 0.300. The average Bonchev–Trinajstić information content (AvgIpc) is 3.45. The van der Waals surface area contributed by atoms with E-state index < -0.39 is 6.04 Å². The summed E-state index contributed by atoms with van der Waals surface area (Å²) in [6.07, 6.45) is 2.47. The van der Waals surface area contributed by atoms with E-state index in [4.69, 9.17) is 4.74 Å². The standard InChI is InChI=1S/C20H21IN2O3/c21-15-6-10-17(11-7-15)26-13-19(24)23-18(20(25)22-16-8-9-16)12-14-4-2-1-3-5-14/h1-7,10-11,16,18H,8-9,12-13H2,(H,22,25)(H,23,24). The van der Waals surface area contributed by atoms with Crippen LogP contribution >= 0.6 is 22.6 Å². The molecule has 0 aliphatic heterocycles. The molecule has 5 nitrogen and oxygen atoms in total. The summed E-state index contributed by atoms with van der Waals surface area (Å²) in [4.78, 5) is 24.7. The molecule has 0 bridgehead atoms. The highest BCUT2D eigenvalue weighted by Gasteiger charge is 2.28. The Morgan fingerprint density at radius 1 is 1.08 bits per heavy atom. The van der Waals surface area contributed by atoms with E-state index >= 15 is 0 Å². The van der Waals surface area contributed by atoms with Gasteiger partial charge in [-0.25, -0.2) is 0 Å². The molecule has 0 radical (unpaired) electrons. The lowest BCUT2D eigenvalue weighted by molar-refractivity contribution is -0.130. The Kier molecular flexibility index (Phi) is 6.49. The van der Waals surface area contributed by atoms with E-state index in [0.29, 0.717) is 12.2 Å². The van der Waals surface area contributed by atoms with Crippen molar-refractivity contribution in [3.8, 4) is 5.75 Å². The number of nitrogens with one attached hydrogen (secondary N) is 2. The Labute approximate surface area is 166 Å². The molecule has 0 aromatic heterocycles. The van der Waals surface area contributed by atoms with Crippen LogP contribution in [0.25, 0.3) is 0 Å². The molecule has 3 rings (SSSR count). The van der Waals surface area contributed by atoms with E-state index in [0.717, 1.165) is 22.0 Å². The second-order valence-electron chi connectivity index (χ2n) is 6.34. The molecule has 26 heavy (non-hydrogen) atoms. The number of hydrogen-bond donors (Lipinski definition) is 2. The number of ether oxygens (including phenoxy) is 1. The van der Waals surface area contributed by atoms with Gasteiger partial charge >= 0.3 is 0 Å². The largest absolute Gasteiger partial charge is 0.484 e. The molecule has 1 unspecified atom stereocenters. The van der Waals surface area contributed by atoms with Crippen LogP contribution in [0.3, 0.4) is 0 Å². The molecule has 1 fully saturated rings. The Hall–Kier alpha value is -2.09. The molecular weight excluding hydrogens is 443 g/mol. The maximum Gasteiger partial charge on any atom is 0.258 e. The molecule has 0 heterocycles. The Morgan fingerprint density at radius 2 is 1.77 bits per heavy atom. The third kappa shape index (κ3) is 6.01. The van der Waals surface area contributed by atoms with Crippen LogP contribution in [0.15, 0.2) is 54.6 Å². The van der Waals surface area contributed by atoms with Crippen molar-refractivity contribution in [2.45, 2.75) is 31.3 Å². The molecule has 2 N–H and O–H groups in total. The number of carbonyl (C=O) groups excluding carboxylic acids is 2. The summed E-state index contributed by atoms with van der Waals surface area (Å²) < 4.78 is 6.60. The van der Waals surface area contributed by atoms with Gasteiger partial charge in [0.15, 0.2) is 6.61 Å². The average molecular weight is 464 g/mol. The normalized spacial score (nSPS) is 14.3. The van der Waals surface area contributed by atoms with Gasteiger partial charge in [-0.1, -0.05) is 30.3 Å². The minimum Gasteiger partial charge on any atom is -0.484 e. The first-order chi connectivity index (χ1) is 12.6. The third-order valence-electron chi connectivity index (χ3n) is 4.04. The van der Waals surface area contributed by atoms with Crippen molar-refractivity contribution in [3.05, 3.63) is 63.7 Å². The molecule has 1 atom stereocenters. The van der Waals surface area contributed by atoms with Crippen molar-refractivity contribution in [2.75, 3.05) is 6.61 Å². The lowest BCUT2D eigenvalue weighted by atomic mass is 10.1. The van der Waals surface area contributed by atoms with Crippen molar-refractivity contribution in [1.82, 2.24) is 10.6 Å². The van der Waals surface area contributed by atoms with Crippen molar-refractivity contribution < 1.29 is 14.3 Å². The first-order valence-corrected chi connectivity index (χ1v) is 9.70. The van der Waals surface area contributed by atoms with Crippen LogP contribution in [0.5, 0.6) is 5.75 Å². The Balaban J connectivity index is 1.57. The monoisotopic (exact) mass is 464 g/mol. The fourth-order valence-electron chi connectivity index (χ4n) is 2.50. The second-order valence-corrected chi connectivity index (χ2v) is 7.58. The summed E-state index contributed by atoms with van der Waals surface area (Å²) >= 11 is 2.21. The van der Waals surface area contributed by atoms with Gasteiger partial charge in [0.2, 0.25) is 5.91 Å². The van der Waals surface area contributed by atoms with Crippen LogP contribution in [0, 0.1) is 3.57 Å². The number of benzene rings is 2. The zero-order valence-electron chi connectivity index (χ0n) is 14.3. The summed E-state index contributed by atoms with van der Waals surface area (Å²) in [6, 6.07) is 16.8. The molecule has 1 aliphatic rings. The van der Waals surface area contributed by atoms with Crippen molar-refractivity contribution >= 4 is 34.4 Å². The van der Waals surface area contributed by atoms with E-state index in [1.807, 2.05) is 54.6 Å². The van der Waals surface area contributed by atoms with Crippen molar-refractivity contribution in [1.29, 1.82) is 0 Å². The van der Waals surface area contributed by atoms with Gasteiger partial charge in [-0.2, -0.15) is 0 Å². The number of rotatable bonds is 8. The number of carbonyl (C=O) groups is 2. The minimum atomic E-state index is -0.606.